The molecule has 0 radical (unpaired) electrons. The van der Waals surface area contributed by atoms with Gasteiger partial charge in [0.1, 0.15) is 11.5 Å². The van der Waals surface area contributed by atoms with Crippen molar-refractivity contribution in [2.24, 2.45) is 7.05 Å². The Bertz CT molecular complexity index is 838. The molecule has 0 aliphatic rings. The maximum atomic E-state index is 12.3. The highest BCUT2D eigenvalue weighted by atomic mass is 19.4. The molecule has 0 fully saturated rings. The molecule has 0 aliphatic carbocycles. The molecule has 0 saturated carbocycles. The minimum absolute atomic E-state index is 0.109. The van der Waals surface area contributed by atoms with Crippen LogP contribution in [0, 0.1) is 0 Å². The number of anilines is 1. The second-order valence-electron chi connectivity index (χ2n) is 5.77. The highest BCUT2D eigenvalue weighted by Gasteiger charge is 2.30. The Labute approximate surface area is 160 Å². The third-order valence-corrected chi connectivity index (χ3v) is 3.10. The molecule has 6 nitrogen and oxygen atoms in total. The Morgan fingerprint density at radius 2 is 1.62 bits per heavy atom. The number of carbonyl (C=O) groups is 1. The average Bonchev–Trinajstić information content (AvgIpc) is 3.00. The number of rotatable bonds is 7. The van der Waals surface area contributed by atoms with Crippen molar-refractivity contribution >= 4 is 17.7 Å². The predicted molar refractivity (Wildman–Crippen MR) is 90.4 cm³/mol. The van der Waals surface area contributed by atoms with Crippen LogP contribution in [0.4, 0.5) is 32.0 Å². The van der Waals surface area contributed by atoms with Gasteiger partial charge in [0.25, 0.3) is 0 Å². The molecule has 1 aromatic carbocycles. The largest absolute Gasteiger partial charge is 0.484 e. The van der Waals surface area contributed by atoms with Gasteiger partial charge in [0.2, 0.25) is 5.91 Å². The molecule has 0 aliphatic heterocycles. The van der Waals surface area contributed by atoms with Crippen molar-refractivity contribution in [1.82, 2.24) is 9.78 Å². The zero-order chi connectivity index (χ0) is 21.7. The fraction of sp³-hybridized carbons (Fsp3) is 0.294. The van der Waals surface area contributed by atoms with Crippen molar-refractivity contribution in [2.45, 2.75) is 12.4 Å². The van der Waals surface area contributed by atoms with E-state index in [0.29, 0.717) is 5.56 Å². The second-order valence-corrected chi connectivity index (χ2v) is 5.77. The van der Waals surface area contributed by atoms with E-state index in [-0.39, 0.29) is 5.69 Å². The fourth-order valence-corrected chi connectivity index (χ4v) is 2.02. The molecule has 1 N–H and O–H groups in total. The second kappa shape index (κ2) is 8.88. The van der Waals surface area contributed by atoms with E-state index in [9.17, 15) is 31.1 Å². The van der Waals surface area contributed by atoms with Crippen molar-refractivity contribution < 1.29 is 40.6 Å². The summed E-state index contributed by atoms with van der Waals surface area (Å²) in [4.78, 5) is 12.0. The van der Waals surface area contributed by atoms with Crippen molar-refractivity contribution in [1.29, 1.82) is 0 Å². The molecule has 0 spiro atoms. The number of aromatic nitrogens is 2. The summed E-state index contributed by atoms with van der Waals surface area (Å²) in [5.41, 5.74) is 0.502. The SMILES string of the molecule is Cn1cc(/C=C/C(=O)Nc2cc(OCC(F)(F)F)cc(OCC(F)(F)F)c2)cn1. The van der Waals surface area contributed by atoms with Crippen molar-refractivity contribution in [3.63, 3.8) is 0 Å². The molecule has 29 heavy (non-hydrogen) atoms. The normalized spacial score (nSPS) is 12.2. The van der Waals surface area contributed by atoms with Crippen LogP contribution in [0.2, 0.25) is 0 Å². The van der Waals surface area contributed by atoms with Crippen LogP contribution in [-0.2, 0) is 11.8 Å². The summed E-state index contributed by atoms with van der Waals surface area (Å²) in [5.74, 6) is -1.52. The van der Waals surface area contributed by atoms with E-state index >= 15 is 0 Å². The van der Waals surface area contributed by atoms with Gasteiger partial charge >= 0.3 is 12.4 Å². The molecule has 1 amide bonds. The van der Waals surface area contributed by atoms with Crippen LogP contribution in [0.15, 0.2) is 36.7 Å². The monoisotopic (exact) mass is 423 g/mol. The van der Waals surface area contributed by atoms with Crippen LogP contribution in [0.3, 0.4) is 0 Å². The van der Waals surface area contributed by atoms with E-state index in [0.717, 1.165) is 24.3 Å². The maximum absolute atomic E-state index is 12.3. The number of hydrogen-bond donors (Lipinski definition) is 1. The molecule has 1 aromatic heterocycles. The standard InChI is InChI=1S/C17H15F6N3O3/c1-26-8-11(7-24-26)2-3-15(27)25-12-4-13(28-9-16(18,19)20)6-14(5-12)29-10-17(21,22)23/h2-8H,9-10H2,1H3,(H,25,27)/b3-2+. The van der Waals surface area contributed by atoms with E-state index < -0.39 is 43.0 Å². The Morgan fingerprint density at radius 1 is 1.07 bits per heavy atom. The molecule has 158 valence electrons. The summed E-state index contributed by atoms with van der Waals surface area (Å²) in [6.07, 6.45) is -3.65. The quantitative estimate of drug-likeness (QED) is 0.541. The van der Waals surface area contributed by atoms with Crippen LogP contribution < -0.4 is 14.8 Å². The van der Waals surface area contributed by atoms with E-state index in [1.807, 2.05) is 0 Å². The van der Waals surface area contributed by atoms with Gasteiger partial charge in [0.05, 0.1) is 6.20 Å². The van der Waals surface area contributed by atoms with Crippen LogP contribution in [0.25, 0.3) is 6.08 Å². The lowest BCUT2D eigenvalue weighted by atomic mass is 10.2. The van der Waals surface area contributed by atoms with Gasteiger partial charge in [-0.05, 0) is 6.08 Å². The number of alkyl halides is 6. The number of carbonyl (C=O) groups excluding carboxylic acids is 1. The van der Waals surface area contributed by atoms with Crippen molar-refractivity contribution in [2.75, 3.05) is 18.5 Å². The van der Waals surface area contributed by atoms with Gasteiger partial charge in [0.15, 0.2) is 13.2 Å². The lowest BCUT2D eigenvalue weighted by Crippen LogP contribution is -2.20. The van der Waals surface area contributed by atoms with E-state index in [1.54, 1.807) is 13.2 Å². The van der Waals surface area contributed by atoms with Gasteiger partial charge in [-0.1, -0.05) is 0 Å². The molecule has 12 heteroatoms. The summed E-state index contributed by atoms with van der Waals surface area (Å²) in [6, 6.07) is 2.92. The van der Waals surface area contributed by atoms with Crippen LogP contribution in [0.5, 0.6) is 11.5 Å². The minimum Gasteiger partial charge on any atom is -0.484 e. The van der Waals surface area contributed by atoms with Crippen molar-refractivity contribution in [3.05, 3.63) is 42.2 Å². The molecule has 2 aromatic rings. The van der Waals surface area contributed by atoms with Gasteiger partial charge in [-0.2, -0.15) is 31.4 Å². The molecule has 0 atom stereocenters. The Kier molecular flexibility index (Phi) is 6.77. The first-order valence-electron chi connectivity index (χ1n) is 7.91. The zero-order valence-electron chi connectivity index (χ0n) is 14.8. The Morgan fingerprint density at radius 3 is 2.07 bits per heavy atom. The van der Waals surface area contributed by atoms with Gasteiger partial charge < -0.3 is 14.8 Å². The van der Waals surface area contributed by atoms with Crippen LogP contribution in [0.1, 0.15) is 5.56 Å². The third kappa shape index (κ3) is 8.58. The summed E-state index contributed by atoms with van der Waals surface area (Å²) in [5, 5.41) is 6.22. The first-order valence-corrected chi connectivity index (χ1v) is 7.91. The summed E-state index contributed by atoms with van der Waals surface area (Å²) < 4.78 is 84.5. The number of benzene rings is 1. The first-order chi connectivity index (χ1) is 13.4. The lowest BCUT2D eigenvalue weighted by molar-refractivity contribution is -0.153. The smallest absolute Gasteiger partial charge is 0.422 e. The fourth-order valence-electron chi connectivity index (χ4n) is 2.02. The first kappa shape index (κ1) is 22.1. The molecule has 0 saturated heterocycles. The lowest BCUT2D eigenvalue weighted by Gasteiger charge is -2.14. The molecule has 1 heterocycles. The number of amides is 1. The average molecular weight is 423 g/mol. The van der Waals surface area contributed by atoms with E-state index in [2.05, 4.69) is 19.9 Å². The molecule has 2 rings (SSSR count). The van der Waals surface area contributed by atoms with Gasteiger partial charge in [-0.25, -0.2) is 0 Å². The number of nitrogens with zero attached hydrogens (tertiary/aromatic N) is 2. The third-order valence-electron chi connectivity index (χ3n) is 3.10. The molecule has 0 bridgehead atoms. The van der Waals surface area contributed by atoms with Crippen LogP contribution in [-0.4, -0.2) is 41.3 Å². The predicted octanol–water partition coefficient (Wildman–Crippen LogP) is 3.95. The van der Waals surface area contributed by atoms with Gasteiger partial charge in [-0.15, -0.1) is 0 Å². The summed E-state index contributed by atoms with van der Waals surface area (Å²) >= 11 is 0. The highest BCUT2D eigenvalue weighted by Crippen LogP contribution is 2.29. The number of halogens is 6. The molecule has 0 unspecified atom stereocenters. The van der Waals surface area contributed by atoms with E-state index in [1.165, 1.54) is 17.0 Å². The molecular weight excluding hydrogens is 408 g/mol. The van der Waals surface area contributed by atoms with Crippen molar-refractivity contribution in [3.8, 4) is 11.5 Å². The maximum Gasteiger partial charge on any atom is 0.422 e. The minimum atomic E-state index is -4.65. The Hall–Kier alpha value is -3.18. The topological polar surface area (TPSA) is 65.4 Å². The summed E-state index contributed by atoms with van der Waals surface area (Å²) in [7, 11) is 1.67. The molecular formula is C17H15F6N3O3. The zero-order valence-corrected chi connectivity index (χ0v) is 14.8. The van der Waals surface area contributed by atoms with Gasteiger partial charge in [0, 0.05) is 48.8 Å². The number of aryl methyl sites for hydroxylation is 1. The Balaban J connectivity index is 2.14. The number of nitrogens with one attached hydrogen (secondary N) is 1. The number of ether oxygens (including phenoxy) is 2. The van der Waals surface area contributed by atoms with Crippen LogP contribution >= 0.6 is 0 Å². The van der Waals surface area contributed by atoms with Gasteiger partial charge in [-0.3, -0.25) is 9.48 Å². The number of hydrogen-bond acceptors (Lipinski definition) is 4. The highest BCUT2D eigenvalue weighted by molar-refractivity contribution is 6.02. The van der Waals surface area contributed by atoms with E-state index in [4.69, 9.17) is 0 Å². The summed E-state index contributed by atoms with van der Waals surface area (Å²) in [6.45, 7) is -3.33.